The van der Waals surface area contributed by atoms with Crippen LogP contribution in [0.2, 0.25) is 10.0 Å². The summed E-state index contributed by atoms with van der Waals surface area (Å²) in [6.07, 6.45) is 1.39. The number of benzene rings is 1. The van der Waals surface area contributed by atoms with Gasteiger partial charge in [-0.2, -0.15) is 5.26 Å². The van der Waals surface area contributed by atoms with Crippen LogP contribution >= 0.6 is 23.2 Å². The van der Waals surface area contributed by atoms with E-state index in [0.717, 1.165) is 0 Å². The Morgan fingerprint density at radius 3 is 2.50 bits per heavy atom. The molecule has 1 aromatic carbocycles. The number of hydrogen-bond acceptors (Lipinski definition) is 3. The van der Waals surface area contributed by atoms with Gasteiger partial charge in [-0.25, -0.2) is 0 Å². The average Bonchev–Trinajstić information content (AvgIpc) is 2.32. The van der Waals surface area contributed by atoms with Crippen LogP contribution in [-0.2, 0) is 4.79 Å². The average molecular weight is 312 g/mol. The maximum atomic E-state index is 12.0. The van der Waals surface area contributed by atoms with Gasteiger partial charge < -0.3 is 10.6 Å². The molecule has 0 aliphatic carbocycles. The molecular formula is C14H15Cl2N3O. The summed E-state index contributed by atoms with van der Waals surface area (Å²) in [6.45, 7) is 5.77. The van der Waals surface area contributed by atoms with Crippen molar-refractivity contribution < 1.29 is 4.79 Å². The summed E-state index contributed by atoms with van der Waals surface area (Å²) in [4.78, 5) is 12.0. The van der Waals surface area contributed by atoms with Crippen LogP contribution in [0.25, 0.3) is 0 Å². The lowest BCUT2D eigenvalue weighted by Crippen LogP contribution is -2.32. The van der Waals surface area contributed by atoms with Crippen LogP contribution < -0.4 is 10.6 Å². The molecule has 0 radical (unpaired) electrons. The molecule has 1 amide bonds. The smallest absolute Gasteiger partial charge is 0.267 e. The summed E-state index contributed by atoms with van der Waals surface area (Å²) >= 11 is 11.7. The highest BCUT2D eigenvalue weighted by Crippen LogP contribution is 2.25. The molecule has 1 rings (SSSR count). The van der Waals surface area contributed by atoms with Crippen molar-refractivity contribution in [2.75, 3.05) is 5.32 Å². The second kappa shape index (κ2) is 6.65. The van der Waals surface area contributed by atoms with Gasteiger partial charge in [-0.1, -0.05) is 23.2 Å². The summed E-state index contributed by atoms with van der Waals surface area (Å²) < 4.78 is 0. The molecule has 0 unspecified atom stereocenters. The zero-order valence-corrected chi connectivity index (χ0v) is 12.9. The number of hydrogen-bond donors (Lipinski definition) is 2. The second-order valence-electron chi connectivity index (χ2n) is 5.14. The van der Waals surface area contributed by atoms with E-state index in [1.165, 1.54) is 12.3 Å². The third-order valence-corrected chi connectivity index (χ3v) is 2.74. The normalized spacial score (nSPS) is 11.7. The highest BCUT2D eigenvalue weighted by Gasteiger charge is 2.13. The minimum atomic E-state index is -0.534. The molecule has 0 aliphatic heterocycles. The van der Waals surface area contributed by atoms with Crippen molar-refractivity contribution in [3.63, 3.8) is 0 Å². The van der Waals surface area contributed by atoms with Crippen molar-refractivity contribution in [3.05, 3.63) is 40.0 Å². The van der Waals surface area contributed by atoms with Gasteiger partial charge in [0.15, 0.2) is 0 Å². The van der Waals surface area contributed by atoms with Crippen LogP contribution in [0.4, 0.5) is 5.69 Å². The molecular weight excluding hydrogens is 297 g/mol. The van der Waals surface area contributed by atoms with Gasteiger partial charge >= 0.3 is 0 Å². The fourth-order valence-corrected chi connectivity index (χ4v) is 1.67. The van der Waals surface area contributed by atoms with Gasteiger partial charge in [-0.05, 0) is 39.0 Å². The number of carbonyl (C=O) groups is 1. The van der Waals surface area contributed by atoms with E-state index in [9.17, 15) is 4.79 Å². The Labute approximate surface area is 128 Å². The minimum absolute atomic E-state index is 0.0362. The SMILES string of the molecule is CC(C)(C)N/C=C(/C#N)C(=O)Nc1ccc(Cl)cc1Cl. The van der Waals surface area contributed by atoms with Gasteiger partial charge in [0.1, 0.15) is 11.6 Å². The van der Waals surface area contributed by atoms with E-state index in [0.29, 0.717) is 15.7 Å². The van der Waals surface area contributed by atoms with Gasteiger partial charge in [-0.3, -0.25) is 4.79 Å². The number of nitriles is 1. The number of anilines is 1. The fraction of sp³-hybridized carbons (Fsp3) is 0.286. The number of amides is 1. The van der Waals surface area contributed by atoms with Gasteiger partial charge in [0.2, 0.25) is 0 Å². The lowest BCUT2D eigenvalue weighted by Gasteiger charge is -2.18. The zero-order valence-electron chi connectivity index (χ0n) is 11.4. The molecule has 0 bridgehead atoms. The molecule has 2 N–H and O–H groups in total. The summed E-state index contributed by atoms with van der Waals surface area (Å²) in [5.41, 5.74) is 0.129. The van der Waals surface area contributed by atoms with Crippen molar-refractivity contribution in [1.29, 1.82) is 5.26 Å². The molecule has 0 heterocycles. The molecule has 1 aromatic rings. The molecule has 0 saturated heterocycles. The first-order valence-corrected chi connectivity index (χ1v) is 6.63. The van der Waals surface area contributed by atoms with Gasteiger partial charge in [0, 0.05) is 16.8 Å². The first kappa shape index (κ1) is 16.4. The van der Waals surface area contributed by atoms with E-state index >= 15 is 0 Å². The van der Waals surface area contributed by atoms with E-state index in [1.54, 1.807) is 12.1 Å². The highest BCUT2D eigenvalue weighted by molar-refractivity contribution is 6.36. The molecule has 20 heavy (non-hydrogen) atoms. The van der Waals surface area contributed by atoms with Crippen LogP contribution in [-0.4, -0.2) is 11.4 Å². The Bertz CT molecular complexity index is 583. The van der Waals surface area contributed by atoms with Crippen molar-refractivity contribution in [1.82, 2.24) is 5.32 Å². The Balaban J connectivity index is 2.86. The van der Waals surface area contributed by atoms with Crippen LogP contribution in [0.3, 0.4) is 0 Å². The number of nitrogens with one attached hydrogen (secondary N) is 2. The summed E-state index contributed by atoms with van der Waals surface area (Å²) in [5.74, 6) is -0.534. The number of carbonyl (C=O) groups excluding carboxylic acids is 1. The molecule has 0 aromatic heterocycles. The quantitative estimate of drug-likeness (QED) is 0.660. The lowest BCUT2D eigenvalue weighted by molar-refractivity contribution is -0.112. The van der Waals surface area contributed by atoms with Gasteiger partial charge in [-0.15, -0.1) is 0 Å². The maximum absolute atomic E-state index is 12.0. The Hall–Kier alpha value is -1.70. The Morgan fingerprint density at radius 1 is 1.35 bits per heavy atom. The predicted molar refractivity (Wildman–Crippen MR) is 81.7 cm³/mol. The molecule has 0 fully saturated rings. The van der Waals surface area contributed by atoms with Crippen molar-refractivity contribution in [3.8, 4) is 6.07 Å². The second-order valence-corrected chi connectivity index (χ2v) is 5.99. The molecule has 0 saturated carbocycles. The maximum Gasteiger partial charge on any atom is 0.267 e. The summed E-state index contributed by atoms with van der Waals surface area (Å²) in [6, 6.07) is 6.54. The summed E-state index contributed by atoms with van der Waals surface area (Å²) in [5, 5.41) is 15.3. The number of nitrogens with zero attached hydrogens (tertiary/aromatic N) is 1. The third-order valence-electron chi connectivity index (χ3n) is 2.19. The predicted octanol–water partition coefficient (Wildman–Crippen LogP) is 3.73. The van der Waals surface area contributed by atoms with Gasteiger partial charge in [0.05, 0.1) is 10.7 Å². The van der Waals surface area contributed by atoms with E-state index < -0.39 is 5.91 Å². The van der Waals surface area contributed by atoms with Crippen LogP contribution in [0.15, 0.2) is 30.0 Å². The van der Waals surface area contributed by atoms with Crippen LogP contribution in [0, 0.1) is 11.3 Å². The van der Waals surface area contributed by atoms with E-state index in [2.05, 4.69) is 10.6 Å². The molecule has 4 nitrogen and oxygen atoms in total. The molecule has 106 valence electrons. The van der Waals surface area contributed by atoms with Gasteiger partial charge in [0.25, 0.3) is 5.91 Å². The van der Waals surface area contributed by atoms with E-state index in [-0.39, 0.29) is 11.1 Å². The zero-order chi connectivity index (χ0) is 15.3. The molecule has 0 spiro atoms. The largest absolute Gasteiger partial charge is 0.385 e. The van der Waals surface area contributed by atoms with Crippen molar-refractivity contribution in [2.45, 2.75) is 26.3 Å². The van der Waals surface area contributed by atoms with Crippen LogP contribution in [0.1, 0.15) is 20.8 Å². The third kappa shape index (κ3) is 5.12. The molecule has 0 atom stereocenters. The minimum Gasteiger partial charge on any atom is -0.385 e. The molecule has 0 aliphatic rings. The fourth-order valence-electron chi connectivity index (χ4n) is 1.22. The van der Waals surface area contributed by atoms with Crippen LogP contribution in [0.5, 0.6) is 0 Å². The van der Waals surface area contributed by atoms with E-state index in [4.69, 9.17) is 28.5 Å². The number of halogens is 2. The monoisotopic (exact) mass is 311 g/mol. The standard InChI is InChI=1S/C14H15Cl2N3O/c1-14(2,3)18-8-9(7-17)13(20)19-12-5-4-10(15)6-11(12)16/h4-6,8,18H,1-3H3,(H,19,20)/b9-8-. The Kier molecular flexibility index (Phi) is 5.43. The highest BCUT2D eigenvalue weighted by atomic mass is 35.5. The van der Waals surface area contributed by atoms with Crippen molar-refractivity contribution in [2.24, 2.45) is 0 Å². The number of rotatable bonds is 3. The first-order valence-electron chi connectivity index (χ1n) is 5.87. The molecule has 6 heteroatoms. The topological polar surface area (TPSA) is 64.9 Å². The van der Waals surface area contributed by atoms with E-state index in [1.807, 2.05) is 26.8 Å². The first-order chi connectivity index (χ1) is 9.23. The Morgan fingerprint density at radius 2 is 2.00 bits per heavy atom. The lowest BCUT2D eigenvalue weighted by atomic mass is 10.1. The van der Waals surface area contributed by atoms with Crippen molar-refractivity contribution >= 4 is 34.8 Å². The summed E-state index contributed by atoms with van der Waals surface area (Å²) in [7, 11) is 0.